The van der Waals surface area contributed by atoms with Crippen LogP contribution in [0.5, 0.6) is 0 Å². The number of aromatic carboxylic acids is 1. The number of carbonyl (C=O) groups excluding carboxylic acids is 1. The Hall–Kier alpha value is -0.810. The molecule has 0 unspecified atom stereocenters. The van der Waals surface area contributed by atoms with Crippen LogP contribution in [0.15, 0.2) is 23.1 Å². The van der Waals surface area contributed by atoms with Gasteiger partial charge in [0.25, 0.3) is 0 Å². The van der Waals surface area contributed by atoms with Crippen LogP contribution in [0.1, 0.15) is 27.1 Å². The van der Waals surface area contributed by atoms with E-state index in [2.05, 4.69) is 15.9 Å². The highest BCUT2D eigenvalue weighted by molar-refractivity contribution is 9.09. The summed E-state index contributed by atoms with van der Waals surface area (Å²) < 4.78 is 0. The normalized spacial score (nSPS) is 10.1. The lowest BCUT2D eigenvalue weighted by molar-refractivity contribution is 0.0688. The van der Waals surface area contributed by atoms with Gasteiger partial charge in [0.1, 0.15) is 0 Å². The first-order valence-corrected chi connectivity index (χ1v) is 6.96. The summed E-state index contributed by atoms with van der Waals surface area (Å²) in [4.78, 5) is 23.5. The lowest BCUT2D eigenvalue weighted by Gasteiger charge is -2.08. The smallest absolute Gasteiger partial charge is 0.337 e. The molecule has 0 fully saturated rings. The van der Waals surface area contributed by atoms with Crippen molar-refractivity contribution in [1.82, 2.24) is 0 Å². The Morgan fingerprint density at radius 2 is 2.12 bits per heavy atom. The van der Waals surface area contributed by atoms with E-state index in [1.165, 1.54) is 11.8 Å². The van der Waals surface area contributed by atoms with Crippen LogP contribution in [0, 0.1) is 0 Å². The molecular weight excluding hydrogens is 292 g/mol. The molecule has 0 aliphatic carbocycles. The number of carbonyl (C=O) groups is 2. The number of carboxylic acids is 1. The van der Waals surface area contributed by atoms with Gasteiger partial charge in [-0.15, -0.1) is 11.8 Å². The van der Waals surface area contributed by atoms with Crippen LogP contribution in [0.25, 0.3) is 0 Å². The van der Waals surface area contributed by atoms with Gasteiger partial charge in [0.15, 0.2) is 5.78 Å². The van der Waals surface area contributed by atoms with Crippen molar-refractivity contribution in [2.24, 2.45) is 0 Å². The Balaban J connectivity index is 3.27. The molecule has 1 rings (SSSR count). The first-order chi connectivity index (χ1) is 7.61. The number of alkyl halides is 1. The molecule has 5 heteroatoms. The average molecular weight is 303 g/mol. The summed E-state index contributed by atoms with van der Waals surface area (Å²) in [5.41, 5.74) is 0.403. The van der Waals surface area contributed by atoms with Crippen molar-refractivity contribution in [1.29, 1.82) is 0 Å². The van der Waals surface area contributed by atoms with E-state index in [9.17, 15) is 9.59 Å². The minimum absolute atomic E-state index is 0.112. The minimum atomic E-state index is -1.05. The van der Waals surface area contributed by atoms with Crippen LogP contribution in [-0.4, -0.2) is 28.4 Å². The standard InChI is InChI=1S/C11H11BrO3S/c1-16-9-4-2-3-7(8(13)5-6-12)10(9)11(14)15/h2-4H,5-6H2,1H3,(H,14,15). The molecule has 86 valence electrons. The van der Waals surface area contributed by atoms with Gasteiger partial charge in [-0.05, 0) is 12.3 Å². The van der Waals surface area contributed by atoms with Gasteiger partial charge in [-0.1, -0.05) is 28.1 Å². The summed E-state index contributed by atoms with van der Waals surface area (Å²) in [6.45, 7) is 0. The molecule has 0 amide bonds. The van der Waals surface area contributed by atoms with E-state index in [-0.39, 0.29) is 11.3 Å². The second kappa shape index (κ2) is 6.06. The Labute approximate surface area is 106 Å². The highest BCUT2D eigenvalue weighted by atomic mass is 79.9. The number of Topliss-reactive ketones (excluding diaryl/α,β-unsaturated/α-hetero) is 1. The zero-order valence-corrected chi connectivity index (χ0v) is 11.1. The summed E-state index contributed by atoms with van der Waals surface area (Å²) in [5, 5.41) is 9.65. The number of carboxylic acid groups (broad SMARTS) is 1. The fourth-order valence-corrected chi connectivity index (χ4v) is 2.35. The van der Waals surface area contributed by atoms with Crippen LogP contribution < -0.4 is 0 Å². The largest absolute Gasteiger partial charge is 0.478 e. The van der Waals surface area contributed by atoms with Gasteiger partial charge in [0, 0.05) is 22.2 Å². The molecule has 16 heavy (non-hydrogen) atoms. The predicted octanol–water partition coefficient (Wildman–Crippen LogP) is 3.07. The zero-order valence-electron chi connectivity index (χ0n) is 8.70. The van der Waals surface area contributed by atoms with Crippen LogP contribution >= 0.6 is 27.7 Å². The molecule has 1 N–H and O–H groups in total. The molecular formula is C11H11BrO3S. The number of ketones is 1. The van der Waals surface area contributed by atoms with Gasteiger partial charge in [-0.3, -0.25) is 4.79 Å². The molecule has 1 aromatic carbocycles. The molecule has 3 nitrogen and oxygen atoms in total. The van der Waals surface area contributed by atoms with Crippen LogP contribution in [-0.2, 0) is 0 Å². The van der Waals surface area contributed by atoms with E-state index < -0.39 is 5.97 Å². The maximum Gasteiger partial charge on any atom is 0.337 e. The van der Waals surface area contributed by atoms with E-state index in [1.807, 2.05) is 0 Å². The fraction of sp³-hybridized carbons (Fsp3) is 0.273. The lowest BCUT2D eigenvalue weighted by Crippen LogP contribution is -2.10. The molecule has 0 atom stereocenters. The van der Waals surface area contributed by atoms with Gasteiger partial charge in [0.05, 0.1) is 5.56 Å². The van der Waals surface area contributed by atoms with Crippen molar-refractivity contribution < 1.29 is 14.7 Å². The van der Waals surface area contributed by atoms with Crippen molar-refractivity contribution in [3.05, 3.63) is 29.3 Å². The molecule has 0 aliphatic rings. The van der Waals surface area contributed by atoms with Crippen molar-refractivity contribution in [3.8, 4) is 0 Å². The van der Waals surface area contributed by atoms with Gasteiger partial charge in [-0.25, -0.2) is 4.79 Å². The van der Waals surface area contributed by atoms with E-state index in [1.54, 1.807) is 24.5 Å². The SMILES string of the molecule is CSc1cccc(C(=O)CCBr)c1C(=O)O. The van der Waals surface area contributed by atoms with Gasteiger partial charge >= 0.3 is 5.97 Å². The molecule has 0 saturated carbocycles. The molecule has 0 aliphatic heterocycles. The summed E-state index contributed by atoms with van der Waals surface area (Å²) in [7, 11) is 0. The van der Waals surface area contributed by atoms with Crippen molar-refractivity contribution in [2.75, 3.05) is 11.6 Å². The van der Waals surface area contributed by atoms with E-state index in [4.69, 9.17) is 5.11 Å². The maximum absolute atomic E-state index is 11.7. The fourth-order valence-electron chi connectivity index (χ4n) is 1.37. The number of thioether (sulfide) groups is 1. The van der Waals surface area contributed by atoms with Crippen molar-refractivity contribution in [2.45, 2.75) is 11.3 Å². The Morgan fingerprint density at radius 3 is 2.62 bits per heavy atom. The minimum Gasteiger partial charge on any atom is -0.478 e. The second-order valence-corrected chi connectivity index (χ2v) is 4.69. The third kappa shape index (κ3) is 2.86. The Kier molecular flexibility index (Phi) is 5.02. The maximum atomic E-state index is 11.7. The van der Waals surface area contributed by atoms with Crippen LogP contribution in [0.4, 0.5) is 0 Å². The molecule has 0 aromatic heterocycles. The third-order valence-corrected chi connectivity index (χ3v) is 3.26. The first-order valence-electron chi connectivity index (χ1n) is 4.61. The van der Waals surface area contributed by atoms with Crippen molar-refractivity contribution >= 4 is 39.4 Å². The number of rotatable bonds is 5. The highest BCUT2D eigenvalue weighted by Crippen LogP contribution is 2.24. The summed E-state index contributed by atoms with van der Waals surface area (Å²) >= 11 is 4.50. The third-order valence-electron chi connectivity index (χ3n) is 2.08. The van der Waals surface area contributed by atoms with Crippen molar-refractivity contribution in [3.63, 3.8) is 0 Å². The quantitative estimate of drug-likeness (QED) is 0.516. The second-order valence-electron chi connectivity index (χ2n) is 3.05. The van der Waals surface area contributed by atoms with Gasteiger partial charge < -0.3 is 5.11 Å². The van der Waals surface area contributed by atoms with E-state index >= 15 is 0 Å². The molecule has 0 bridgehead atoms. The Bertz CT molecular complexity index is 418. The van der Waals surface area contributed by atoms with Gasteiger partial charge in [0.2, 0.25) is 0 Å². The van der Waals surface area contributed by atoms with Gasteiger partial charge in [-0.2, -0.15) is 0 Å². The monoisotopic (exact) mass is 302 g/mol. The number of benzene rings is 1. The molecule has 0 heterocycles. The highest BCUT2D eigenvalue weighted by Gasteiger charge is 2.19. The van der Waals surface area contributed by atoms with Crippen LogP contribution in [0.3, 0.4) is 0 Å². The average Bonchev–Trinajstić information content (AvgIpc) is 2.28. The topological polar surface area (TPSA) is 54.4 Å². The summed E-state index contributed by atoms with van der Waals surface area (Å²) in [6.07, 6.45) is 2.10. The molecule has 1 aromatic rings. The molecule has 0 radical (unpaired) electrons. The number of hydrogen-bond acceptors (Lipinski definition) is 3. The molecule has 0 spiro atoms. The first kappa shape index (κ1) is 13.3. The lowest BCUT2D eigenvalue weighted by atomic mass is 10.0. The van der Waals surface area contributed by atoms with E-state index in [0.717, 1.165) is 0 Å². The van der Waals surface area contributed by atoms with Crippen LogP contribution in [0.2, 0.25) is 0 Å². The number of halogens is 1. The Morgan fingerprint density at radius 1 is 1.44 bits per heavy atom. The summed E-state index contributed by atoms with van der Waals surface area (Å²) in [5.74, 6) is -1.20. The predicted molar refractivity (Wildman–Crippen MR) is 67.9 cm³/mol. The zero-order chi connectivity index (χ0) is 12.1. The summed E-state index contributed by atoms with van der Waals surface area (Å²) in [6, 6.07) is 4.98. The number of hydrogen-bond donors (Lipinski definition) is 1. The van der Waals surface area contributed by atoms with E-state index in [0.29, 0.717) is 22.2 Å². The molecule has 0 saturated heterocycles.